The van der Waals surface area contributed by atoms with Crippen molar-refractivity contribution < 1.29 is 17.9 Å². The number of hydrogen-bond acceptors (Lipinski definition) is 4. The third-order valence-corrected chi connectivity index (χ3v) is 5.72. The van der Waals surface area contributed by atoms with Gasteiger partial charge in [0, 0.05) is 18.3 Å². The minimum absolute atomic E-state index is 0.0195. The number of carbonyl (C=O) groups excluding carboxylic acids is 1. The number of hydrogen-bond donors (Lipinski definition) is 2. The Labute approximate surface area is 170 Å². The first-order valence-electron chi connectivity index (χ1n) is 9.01. The van der Waals surface area contributed by atoms with Crippen molar-refractivity contribution in [2.75, 3.05) is 11.8 Å². The standard InChI is InChI=1S/C22H22N2O4S/c1-16-8-13-20(14-21(16)22(25)23-2)29(26,27)24-18-9-11-19(12-10-18)28-15-17-6-4-3-5-7-17/h3-14,24H,15H2,1-2H3,(H,23,25). The number of aryl methyl sites for hydroxylation is 1. The molecule has 0 aliphatic heterocycles. The summed E-state index contributed by atoms with van der Waals surface area (Å²) in [6.45, 7) is 2.18. The number of benzene rings is 3. The molecule has 1 amide bonds. The fourth-order valence-electron chi connectivity index (χ4n) is 2.72. The van der Waals surface area contributed by atoms with Gasteiger partial charge in [-0.3, -0.25) is 9.52 Å². The van der Waals surface area contributed by atoms with Gasteiger partial charge in [-0.05, 0) is 54.4 Å². The molecular formula is C22H22N2O4S. The van der Waals surface area contributed by atoms with Gasteiger partial charge < -0.3 is 10.1 Å². The van der Waals surface area contributed by atoms with Crippen molar-refractivity contribution >= 4 is 21.6 Å². The topological polar surface area (TPSA) is 84.5 Å². The molecule has 150 valence electrons. The molecule has 2 N–H and O–H groups in total. The Kier molecular flexibility index (Phi) is 6.19. The van der Waals surface area contributed by atoms with Gasteiger partial charge in [-0.2, -0.15) is 0 Å². The van der Waals surface area contributed by atoms with E-state index in [2.05, 4.69) is 10.0 Å². The van der Waals surface area contributed by atoms with Crippen molar-refractivity contribution in [2.24, 2.45) is 0 Å². The van der Waals surface area contributed by atoms with Gasteiger partial charge in [0.25, 0.3) is 15.9 Å². The SMILES string of the molecule is CNC(=O)c1cc(S(=O)(=O)Nc2ccc(OCc3ccccc3)cc2)ccc1C. The van der Waals surface area contributed by atoms with Crippen molar-refractivity contribution in [1.29, 1.82) is 0 Å². The van der Waals surface area contributed by atoms with Crippen molar-refractivity contribution in [3.63, 3.8) is 0 Å². The molecular weight excluding hydrogens is 388 g/mol. The maximum absolute atomic E-state index is 12.7. The summed E-state index contributed by atoms with van der Waals surface area (Å²) in [7, 11) is -2.33. The Hall–Kier alpha value is -3.32. The minimum Gasteiger partial charge on any atom is -0.489 e. The van der Waals surface area contributed by atoms with Crippen LogP contribution in [0.15, 0.2) is 77.7 Å². The quantitative estimate of drug-likeness (QED) is 0.622. The fraction of sp³-hybridized carbons (Fsp3) is 0.136. The lowest BCUT2D eigenvalue weighted by Gasteiger charge is -2.12. The second-order valence-electron chi connectivity index (χ2n) is 6.46. The molecule has 0 bridgehead atoms. The van der Waals surface area contributed by atoms with Gasteiger partial charge in [-0.15, -0.1) is 0 Å². The summed E-state index contributed by atoms with van der Waals surface area (Å²) in [5.41, 5.74) is 2.46. The number of amides is 1. The van der Waals surface area contributed by atoms with Crippen LogP contribution >= 0.6 is 0 Å². The van der Waals surface area contributed by atoms with Crippen LogP contribution in [0.25, 0.3) is 0 Å². The monoisotopic (exact) mass is 410 g/mol. The third-order valence-electron chi connectivity index (χ3n) is 4.35. The van der Waals surface area contributed by atoms with Crippen LogP contribution in [-0.2, 0) is 16.6 Å². The van der Waals surface area contributed by atoms with Gasteiger partial charge in [-0.25, -0.2) is 8.42 Å². The Morgan fingerprint density at radius 2 is 1.66 bits per heavy atom. The summed E-state index contributed by atoms with van der Waals surface area (Å²) in [6, 6.07) is 20.9. The summed E-state index contributed by atoms with van der Waals surface area (Å²) in [5.74, 6) is 0.300. The fourth-order valence-corrected chi connectivity index (χ4v) is 3.81. The molecule has 0 heterocycles. The number of sulfonamides is 1. The lowest BCUT2D eigenvalue weighted by molar-refractivity contribution is 0.0962. The maximum atomic E-state index is 12.7. The van der Waals surface area contributed by atoms with Gasteiger partial charge in [0.05, 0.1) is 4.90 Å². The lowest BCUT2D eigenvalue weighted by Crippen LogP contribution is -2.20. The van der Waals surface area contributed by atoms with E-state index in [1.165, 1.54) is 19.2 Å². The minimum atomic E-state index is -3.83. The molecule has 0 aliphatic rings. The zero-order valence-electron chi connectivity index (χ0n) is 16.2. The first kappa shape index (κ1) is 20.4. The molecule has 29 heavy (non-hydrogen) atoms. The predicted molar refractivity (Wildman–Crippen MR) is 113 cm³/mol. The highest BCUT2D eigenvalue weighted by molar-refractivity contribution is 7.92. The zero-order chi connectivity index (χ0) is 20.9. The van der Waals surface area contributed by atoms with Crippen LogP contribution < -0.4 is 14.8 Å². The van der Waals surface area contributed by atoms with E-state index in [-0.39, 0.29) is 10.8 Å². The Morgan fingerprint density at radius 1 is 0.966 bits per heavy atom. The van der Waals surface area contributed by atoms with E-state index < -0.39 is 10.0 Å². The van der Waals surface area contributed by atoms with Crippen LogP contribution in [0.2, 0.25) is 0 Å². The van der Waals surface area contributed by atoms with Crippen LogP contribution in [0.3, 0.4) is 0 Å². The number of rotatable bonds is 7. The molecule has 0 atom stereocenters. The van der Waals surface area contributed by atoms with E-state index in [4.69, 9.17) is 4.74 Å². The normalized spacial score (nSPS) is 11.0. The van der Waals surface area contributed by atoms with Gasteiger partial charge in [0.1, 0.15) is 12.4 Å². The Balaban J connectivity index is 1.71. The molecule has 0 saturated heterocycles. The summed E-state index contributed by atoms with van der Waals surface area (Å²) < 4.78 is 33.6. The molecule has 3 aromatic carbocycles. The highest BCUT2D eigenvalue weighted by atomic mass is 32.2. The molecule has 0 fully saturated rings. The highest BCUT2D eigenvalue weighted by Crippen LogP contribution is 2.22. The van der Waals surface area contributed by atoms with Crippen LogP contribution in [0.4, 0.5) is 5.69 Å². The summed E-state index contributed by atoms with van der Waals surface area (Å²) in [4.78, 5) is 12.0. The van der Waals surface area contributed by atoms with E-state index in [0.717, 1.165) is 5.56 Å². The van der Waals surface area contributed by atoms with Crippen LogP contribution in [0, 0.1) is 6.92 Å². The van der Waals surface area contributed by atoms with Gasteiger partial charge >= 0.3 is 0 Å². The Bertz CT molecular complexity index is 1100. The first-order valence-corrected chi connectivity index (χ1v) is 10.5. The van der Waals surface area contributed by atoms with Crippen molar-refractivity contribution in [1.82, 2.24) is 5.32 Å². The maximum Gasteiger partial charge on any atom is 0.261 e. The largest absolute Gasteiger partial charge is 0.489 e. The summed E-state index contributed by atoms with van der Waals surface area (Å²) >= 11 is 0. The van der Waals surface area contributed by atoms with E-state index in [0.29, 0.717) is 29.2 Å². The van der Waals surface area contributed by atoms with Crippen LogP contribution in [0.5, 0.6) is 5.75 Å². The van der Waals surface area contributed by atoms with Crippen LogP contribution in [-0.4, -0.2) is 21.4 Å². The Morgan fingerprint density at radius 3 is 2.31 bits per heavy atom. The molecule has 0 aliphatic carbocycles. The first-order chi connectivity index (χ1) is 13.9. The molecule has 3 aromatic rings. The smallest absolute Gasteiger partial charge is 0.261 e. The van der Waals surface area contributed by atoms with Crippen molar-refractivity contribution in [2.45, 2.75) is 18.4 Å². The number of ether oxygens (including phenoxy) is 1. The molecule has 3 rings (SSSR count). The summed E-state index contributed by atoms with van der Waals surface area (Å²) in [6.07, 6.45) is 0. The van der Waals surface area contributed by atoms with E-state index in [1.807, 2.05) is 30.3 Å². The van der Waals surface area contributed by atoms with Gasteiger partial charge in [-0.1, -0.05) is 36.4 Å². The van der Waals surface area contributed by atoms with Crippen molar-refractivity contribution in [3.05, 3.63) is 89.5 Å². The van der Waals surface area contributed by atoms with E-state index in [1.54, 1.807) is 37.3 Å². The van der Waals surface area contributed by atoms with Gasteiger partial charge in [0.15, 0.2) is 0 Å². The average molecular weight is 410 g/mol. The van der Waals surface area contributed by atoms with E-state index >= 15 is 0 Å². The molecule has 0 saturated carbocycles. The second-order valence-corrected chi connectivity index (χ2v) is 8.14. The lowest BCUT2D eigenvalue weighted by atomic mass is 10.1. The predicted octanol–water partition coefficient (Wildman–Crippen LogP) is 3.73. The second kappa shape index (κ2) is 8.79. The van der Waals surface area contributed by atoms with Crippen LogP contribution in [0.1, 0.15) is 21.5 Å². The summed E-state index contributed by atoms with van der Waals surface area (Å²) in [5, 5.41) is 2.51. The highest BCUT2D eigenvalue weighted by Gasteiger charge is 2.18. The molecule has 6 nitrogen and oxygen atoms in total. The number of carbonyl (C=O) groups is 1. The van der Waals surface area contributed by atoms with Gasteiger partial charge in [0.2, 0.25) is 0 Å². The molecule has 7 heteroatoms. The van der Waals surface area contributed by atoms with Crippen molar-refractivity contribution in [3.8, 4) is 5.75 Å². The molecule has 0 unspecified atom stereocenters. The van der Waals surface area contributed by atoms with E-state index in [9.17, 15) is 13.2 Å². The average Bonchev–Trinajstić information content (AvgIpc) is 2.73. The molecule has 0 spiro atoms. The number of anilines is 1. The molecule has 0 radical (unpaired) electrons. The number of nitrogens with one attached hydrogen (secondary N) is 2. The zero-order valence-corrected chi connectivity index (χ0v) is 17.0. The third kappa shape index (κ3) is 5.14. The molecule has 0 aromatic heterocycles.